The van der Waals surface area contributed by atoms with Crippen molar-refractivity contribution in [3.63, 3.8) is 0 Å². The Morgan fingerprint density at radius 2 is 1.33 bits per heavy atom. The molecule has 0 heterocycles. The van der Waals surface area contributed by atoms with Gasteiger partial charge in [-0.2, -0.15) is 0 Å². The molecule has 0 saturated carbocycles. The van der Waals surface area contributed by atoms with Crippen molar-refractivity contribution in [1.82, 2.24) is 0 Å². The van der Waals surface area contributed by atoms with Crippen LogP contribution in [0.3, 0.4) is 0 Å². The van der Waals surface area contributed by atoms with Crippen molar-refractivity contribution in [1.29, 1.82) is 0 Å². The van der Waals surface area contributed by atoms with E-state index in [1.165, 1.54) is 0 Å². The van der Waals surface area contributed by atoms with Crippen molar-refractivity contribution in [3.8, 4) is 0 Å². The molecule has 0 atom stereocenters. The van der Waals surface area contributed by atoms with Crippen LogP contribution in [0, 0.1) is 0 Å². The Kier molecular flexibility index (Phi) is 2.47. The third-order valence-electron chi connectivity index (χ3n) is 3.14. The average Bonchev–Trinajstić information content (AvgIpc) is 2.35. The fourth-order valence-corrected chi connectivity index (χ4v) is 2.20. The Hall–Kier alpha value is -2.04. The predicted molar refractivity (Wildman–Crippen MR) is 75.7 cm³/mol. The van der Waals surface area contributed by atoms with Crippen LogP contribution in [0.2, 0.25) is 0 Å². The van der Waals surface area contributed by atoms with Crippen LogP contribution < -0.4 is 11.2 Å². The lowest BCUT2D eigenvalue weighted by atomic mass is 9.79. The molecule has 3 aromatic carbocycles. The van der Waals surface area contributed by atoms with Crippen molar-refractivity contribution in [2.24, 2.45) is 0 Å². The molecule has 0 unspecified atom stereocenters. The number of benzene rings is 3. The van der Waals surface area contributed by atoms with Crippen LogP contribution in [0.15, 0.2) is 48.5 Å². The fourth-order valence-electron chi connectivity index (χ4n) is 2.20. The van der Waals surface area contributed by atoms with E-state index in [4.69, 9.17) is 5.73 Å². The summed E-state index contributed by atoms with van der Waals surface area (Å²) in [5.41, 5.74) is 7.00. The second kappa shape index (κ2) is 4.01. The van der Waals surface area contributed by atoms with Gasteiger partial charge in [-0.3, -0.25) is 0 Å². The molecule has 0 saturated heterocycles. The zero-order chi connectivity index (χ0) is 12.7. The van der Waals surface area contributed by atoms with E-state index in [-0.39, 0.29) is 0 Å². The summed E-state index contributed by atoms with van der Waals surface area (Å²) in [7, 11) is -1.43. The van der Waals surface area contributed by atoms with Crippen LogP contribution in [0.25, 0.3) is 21.5 Å². The topological polar surface area (TPSA) is 66.5 Å². The number of fused-ring (bicyclic) bond motifs is 2. The van der Waals surface area contributed by atoms with Gasteiger partial charge in [0.15, 0.2) is 0 Å². The lowest BCUT2D eigenvalue weighted by Crippen LogP contribution is -2.29. The van der Waals surface area contributed by atoms with E-state index in [1.54, 1.807) is 12.1 Å². The Morgan fingerprint density at radius 3 is 2.00 bits per heavy atom. The first-order valence-corrected chi connectivity index (χ1v) is 5.72. The highest BCUT2D eigenvalue weighted by Gasteiger charge is 2.11. The zero-order valence-corrected chi connectivity index (χ0v) is 9.67. The second-order valence-electron chi connectivity index (χ2n) is 4.44. The molecule has 3 nitrogen and oxygen atoms in total. The quantitative estimate of drug-likeness (QED) is 0.339. The van der Waals surface area contributed by atoms with Gasteiger partial charge < -0.3 is 15.8 Å². The predicted octanol–water partition coefficient (Wildman–Crippen LogP) is 1.25. The number of nitrogens with two attached hydrogens (primary N) is 1. The summed E-state index contributed by atoms with van der Waals surface area (Å²) >= 11 is 0. The van der Waals surface area contributed by atoms with Crippen molar-refractivity contribution in [2.75, 3.05) is 5.73 Å². The van der Waals surface area contributed by atoms with Gasteiger partial charge in [-0.25, -0.2) is 0 Å². The third kappa shape index (κ3) is 1.81. The average molecular weight is 237 g/mol. The molecular formula is C14H12BNO2. The van der Waals surface area contributed by atoms with Gasteiger partial charge in [0.25, 0.3) is 0 Å². The number of hydrogen-bond acceptors (Lipinski definition) is 3. The standard InChI is InChI=1S/C14H12BNO2/c16-14-4-2-10-5-11-7-13(15(17)18)3-1-9(11)6-12(10)8-14/h1-8,17-18H,16H2. The first-order chi connectivity index (χ1) is 8.63. The lowest BCUT2D eigenvalue weighted by Gasteiger charge is -2.05. The normalized spacial score (nSPS) is 11.0. The van der Waals surface area contributed by atoms with Gasteiger partial charge in [0.1, 0.15) is 0 Å². The molecule has 0 aliphatic rings. The summed E-state index contributed by atoms with van der Waals surface area (Å²) in [6.45, 7) is 0. The molecule has 0 amide bonds. The van der Waals surface area contributed by atoms with E-state index in [0.29, 0.717) is 5.46 Å². The molecule has 4 heteroatoms. The Balaban J connectivity index is 2.31. The summed E-state index contributed by atoms with van der Waals surface area (Å²) in [5, 5.41) is 22.5. The van der Waals surface area contributed by atoms with Gasteiger partial charge >= 0.3 is 7.12 Å². The Labute approximate surface area is 105 Å². The van der Waals surface area contributed by atoms with Gasteiger partial charge in [0.05, 0.1) is 0 Å². The van der Waals surface area contributed by atoms with Crippen LogP contribution in [0.5, 0.6) is 0 Å². The van der Waals surface area contributed by atoms with Gasteiger partial charge in [-0.05, 0) is 51.3 Å². The first kappa shape index (κ1) is 11.1. The minimum atomic E-state index is -1.43. The minimum absolute atomic E-state index is 0.497. The maximum atomic E-state index is 9.17. The molecule has 88 valence electrons. The van der Waals surface area contributed by atoms with Gasteiger partial charge in [-0.15, -0.1) is 0 Å². The number of hydrogen-bond donors (Lipinski definition) is 3. The van der Waals surface area contributed by atoms with Crippen LogP contribution in [0.1, 0.15) is 0 Å². The Morgan fingerprint density at radius 1 is 0.722 bits per heavy atom. The number of anilines is 1. The van der Waals surface area contributed by atoms with Crippen LogP contribution in [-0.4, -0.2) is 17.2 Å². The van der Waals surface area contributed by atoms with Crippen molar-refractivity contribution >= 4 is 39.8 Å². The lowest BCUT2D eigenvalue weighted by molar-refractivity contribution is 0.426. The molecule has 3 aromatic rings. The highest BCUT2D eigenvalue weighted by Crippen LogP contribution is 2.23. The molecular weight excluding hydrogens is 225 g/mol. The minimum Gasteiger partial charge on any atom is -0.423 e. The summed E-state index contributed by atoms with van der Waals surface area (Å²) in [6, 6.07) is 15.2. The number of nitrogen functional groups attached to an aromatic ring is 1. The SMILES string of the molecule is Nc1ccc2cc3cc(B(O)O)ccc3cc2c1. The maximum Gasteiger partial charge on any atom is 0.488 e. The largest absolute Gasteiger partial charge is 0.488 e. The molecule has 0 aromatic heterocycles. The first-order valence-electron chi connectivity index (χ1n) is 5.72. The van der Waals surface area contributed by atoms with Crippen LogP contribution >= 0.6 is 0 Å². The van der Waals surface area contributed by atoms with E-state index >= 15 is 0 Å². The third-order valence-corrected chi connectivity index (χ3v) is 3.14. The van der Waals surface area contributed by atoms with Crippen molar-refractivity contribution in [3.05, 3.63) is 48.5 Å². The monoisotopic (exact) mass is 237 g/mol. The molecule has 0 aliphatic carbocycles. The summed E-state index contributed by atoms with van der Waals surface area (Å²) < 4.78 is 0. The molecule has 18 heavy (non-hydrogen) atoms. The Bertz CT molecular complexity index is 740. The van der Waals surface area contributed by atoms with E-state index < -0.39 is 7.12 Å². The summed E-state index contributed by atoms with van der Waals surface area (Å²) in [5.74, 6) is 0. The molecule has 0 aliphatic heterocycles. The van der Waals surface area contributed by atoms with Gasteiger partial charge in [-0.1, -0.05) is 24.3 Å². The van der Waals surface area contributed by atoms with Crippen LogP contribution in [0.4, 0.5) is 5.69 Å². The fraction of sp³-hybridized carbons (Fsp3) is 0. The molecule has 3 rings (SSSR count). The summed E-state index contributed by atoms with van der Waals surface area (Å²) in [4.78, 5) is 0. The molecule has 0 spiro atoms. The van der Waals surface area contributed by atoms with Crippen molar-refractivity contribution in [2.45, 2.75) is 0 Å². The van der Waals surface area contributed by atoms with Crippen LogP contribution in [-0.2, 0) is 0 Å². The van der Waals surface area contributed by atoms with Gasteiger partial charge in [0.2, 0.25) is 0 Å². The van der Waals surface area contributed by atoms with Gasteiger partial charge in [0, 0.05) is 5.69 Å². The summed E-state index contributed by atoms with van der Waals surface area (Å²) in [6.07, 6.45) is 0. The smallest absolute Gasteiger partial charge is 0.423 e. The van der Waals surface area contributed by atoms with E-state index in [2.05, 4.69) is 6.07 Å². The van der Waals surface area contributed by atoms with E-state index in [9.17, 15) is 10.0 Å². The van der Waals surface area contributed by atoms with Crippen molar-refractivity contribution < 1.29 is 10.0 Å². The van der Waals surface area contributed by atoms with E-state index in [0.717, 1.165) is 27.2 Å². The molecule has 0 fully saturated rings. The second-order valence-corrected chi connectivity index (χ2v) is 4.44. The number of rotatable bonds is 1. The molecule has 0 bridgehead atoms. The molecule has 0 radical (unpaired) electrons. The zero-order valence-electron chi connectivity index (χ0n) is 9.67. The van der Waals surface area contributed by atoms with E-state index in [1.807, 2.05) is 30.3 Å². The highest BCUT2D eigenvalue weighted by atomic mass is 16.4. The molecule has 4 N–H and O–H groups in total. The highest BCUT2D eigenvalue weighted by molar-refractivity contribution is 6.58. The maximum absolute atomic E-state index is 9.17.